The molecular weight excluding hydrogens is 376 g/mol. The Morgan fingerprint density at radius 1 is 1.10 bits per heavy atom. The lowest BCUT2D eigenvalue weighted by atomic mass is 10.1. The molecule has 0 bridgehead atoms. The molecule has 2 heterocycles. The molecule has 9 nitrogen and oxygen atoms in total. The maximum absolute atomic E-state index is 12.6. The van der Waals surface area contributed by atoms with Gasteiger partial charge in [-0.15, -0.1) is 0 Å². The van der Waals surface area contributed by atoms with E-state index in [4.69, 9.17) is 14.2 Å². The Hall–Kier alpha value is -2.52. The van der Waals surface area contributed by atoms with Crippen molar-refractivity contribution in [2.24, 2.45) is 0 Å². The monoisotopic (exact) mass is 408 g/mol. The number of nitrogens with one attached hydrogen (secondary N) is 3. The number of carbonyl (C=O) groups is 2. The zero-order chi connectivity index (χ0) is 21.0. The standard InChI is InChI=1S/C20H30N4O5/c1-14(19(25)24-8-7-21-20(24)26)23-11-9-22(10-12-23)13-15-5-6-16(27-2)18(29-4)17(15)28-3/h5-6,14H,7-13H2,1-4H3,(H,21,26)/p+2/t14-/m0/s1. The number of quaternary nitrogens is 2. The number of rotatable bonds is 7. The Balaban J connectivity index is 1.60. The van der Waals surface area contributed by atoms with Crippen molar-refractivity contribution in [3.63, 3.8) is 0 Å². The first-order valence-corrected chi connectivity index (χ1v) is 10.0. The lowest BCUT2D eigenvalue weighted by molar-refractivity contribution is -1.02. The van der Waals surface area contributed by atoms with E-state index in [0.29, 0.717) is 30.3 Å². The average Bonchev–Trinajstić information content (AvgIpc) is 3.18. The summed E-state index contributed by atoms with van der Waals surface area (Å²) >= 11 is 0. The molecule has 2 aliphatic rings. The van der Waals surface area contributed by atoms with Gasteiger partial charge in [-0.25, -0.2) is 4.79 Å². The lowest BCUT2D eigenvalue weighted by Crippen LogP contribution is -3.29. The van der Waals surface area contributed by atoms with Crippen molar-refractivity contribution in [1.82, 2.24) is 10.2 Å². The summed E-state index contributed by atoms with van der Waals surface area (Å²) in [6.07, 6.45) is 0. The maximum atomic E-state index is 12.6. The highest BCUT2D eigenvalue weighted by Crippen LogP contribution is 2.39. The minimum atomic E-state index is -0.272. The van der Waals surface area contributed by atoms with Gasteiger partial charge in [0.25, 0.3) is 5.91 Å². The number of hydrogen-bond acceptors (Lipinski definition) is 5. The van der Waals surface area contributed by atoms with Crippen LogP contribution in [0.1, 0.15) is 12.5 Å². The van der Waals surface area contributed by atoms with Crippen LogP contribution in [-0.2, 0) is 11.3 Å². The summed E-state index contributed by atoms with van der Waals surface area (Å²) in [6.45, 7) is 7.39. The van der Waals surface area contributed by atoms with Gasteiger partial charge < -0.3 is 29.3 Å². The Bertz CT molecular complexity index is 749. The fraction of sp³-hybridized carbons (Fsp3) is 0.600. The predicted octanol–water partition coefficient (Wildman–Crippen LogP) is -2.06. The quantitative estimate of drug-likeness (QED) is 0.483. The highest BCUT2D eigenvalue weighted by Gasteiger charge is 2.37. The Labute approximate surface area is 171 Å². The molecule has 29 heavy (non-hydrogen) atoms. The molecule has 0 aliphatic carbocycles. The van der Waals surface area contributed by atoms with E-state index in [9.17, 15) is 9.59 Å². The minimum absolute atomic E-state index is 0.0833. The zero-order valence-electron chi connectivity index (χ0n) is 17.7. The van der Waals surface area contributed by atoms with Gasteiger partial charge in [-0.1, -0.05) is 0 Å². The van der Waals surface area contributed by atoms with Crippen molar-refractivity contribution in [3.8, 4) is 17.2 Å². The first kappa shape index (κ1) is 21.2. The van der Waals surface area contributed by atoms with Crippen LogP contribution in [0.4, 0.5) is 4.79 Å². The second-order valence-electron chi connectivity index (χ2n) is 7.52. The van der Waals surface area contributed by atoms with Gasteiger partial charge in [0, 0.05) is 13.1 Å². The summed E-state index contributed by atoms with van der Waals surface area (Å²) in [6, 6.07) is 3.44. The van der Waals surface area contributed by atoms with Gasteiger partial charge in [0.15, 0.2) is 17.5 Å². The van der Waals surface area contributed by atoms with Crippen molar-refractivity contribution >= 4 is 11.9 Å². The van der Waals surface area contributed by atoms with Gasteiger partial charge in [0.1, 0.15) is 32.7 Å². The van der Waals surface area contributed by atoms with Gasteiger partial charge >= 0.3 is 6.03 Å². The second kappa shape index (κ2) is 9.32. The number of hydrogen-bond donors (Lipinski definition) is 3. The summed E-state index contributed by atoms with van der Waals surface area (Å²) in [5, 5.41) is 2.69. The number of piperazine rings is 1. The molecule has 0 spiro atoms. The van der Waals surface area contributed by atoms with Gasteiger partial charge in [0.05, 0.1) is 26.9 Å². The lowest BCUT2D eigenvalue weighted by Gasteiger charge is -2.33. The van der Waals surface area contributed by atoms with Crippen molar-refractivity contribution in [2.45, 2.75) is 19.5 Å². The zero-order valence-corrected chi connectivity index (χ0v) is 17.7. The third-order valence-electron chi connectivity index (χ3n) is 5.93. The van der Waals surface area contributed by atoms with Gasteiger partial charge in [-0.05, 0) is 19.1 Å². The molecule has 2 saturated heterocycles. The molecule has 3 amide bonds. The molecule has 9 heteroatoms. The summed E-state index contributed by atoms with van der Waals surface area (Å²) in [4.78, 5) is 28.4. The topological polar surface area (TPSA) is 86.0 Å². The highest BCUT2D eigenvalue weighted by atomic mass is 16.5. The molecule has 1 aromatic rings. The van der Waals surface area contributed by atoms with Crippen LogP contribution in [0.15, 0.2) is 12.1 Å². The Morgan fingerprint density at radius 3 is 2.34 bits per heavy atom. The van der Waals surface area contributed by atoms with Crippen molar-refractivity contribution in [3.05, 3.63) is 17.7 Å². The van der Waals surface area contributed by atoms with E-state index in [0.717, 1.165) is 38.3 Å². The molecule has 0 saturated carbocycles. The molecule has 0 unspecified atom stereocenters. The van der Waals surface area contributed by atoms with Crippen molar-refractivity contribution in [2.75, 3.05) is 60.6 Å². The number of amides is 3. The van der Waals surface area contributed by atoms with Gasteiger partial charge in [-0.2, -0.15) is 0 Å². The van der Waals surface area contributed by atoms with Crippen LogP contribution in [-0.4, -0.2) is 83.5 Å². The molecule has 160 valence electrons. The number of urea groups is 1. The molecule has 1 atom stereocenters. The van der Waals surface area contributed by atoms with Crippen LogP contribution in [0.2, 0.25) is 0 Å². The second-order valence-corrected chi connectivity index (χ2v) is 7.52. The third kappa shape index (κ3) is 4.40. The highest BCUT2D eigenvalue weighted by molar-refractivity contribution is 5.97. The van der Waals surface area contributed by atoms with E-state index >= 15 is 0 Å². The van der Waals surface area contributed by atoms with Crippen LogP contribution < -0.4 is 29.3 Å². The first-order valence-electron chi connectivity index (χ1n) is 10.0. The normalized spacial score (nSPS) is 22.8. The number of imide groups is 1. The molecule has 1 aromatic carbocycles. The molecule has 3 rings (SSSR count). The van der Waals surface area contributed by atoms with Crippen LogP contribution in [0.3, 0.4) is 0 Å². The summed E-state index contributed by atoms with van der Waals surface area (Å²) in [5.41, 5.74) is 1.07. The first-order chi connectivity index (χ1) is 14.0. The average molecular weight is 408 g/mol. The Morgan fingerprint density at radius 2 is 1.79 bits per heavy atom. The SMILES string of the molecule is COc1ccc(C[NH+]2CC[NH+]([C@@H](C)C(=O)N3CCNC3=O)CC2)c(OC)c1OC. The maximum Gasteiger partial charge on any atom is 0.324 e. The van der Waals surface area contributed by atoms with Crippen molar-refractivity contribution in [1.29, 1.82) is 0 Å². The molecular formula is C20H32N4O5+2. The molecule has 0 radical (unpaired) electrons. The van der Waals surface area contributed by atoms with Crippen LogP contribution in [0.5, 0.6) is 17.2 Å². The van der Waals surface area contributed by atoms with E-state index in [-0.39, 0.29) is 18.0 Å². The van der Waals surface area contributed by atoms with Crippen LogP contribution >= 0.6 is 0 Å². The van der Waals surface area contributed by atoms with Gasteiger partial charge in [0.2, 0.25) is 5.75 Å². The van der Waals surface area contributed by atoms with E-state index in [1.807, 2.05) is 19.1 Å². The largest absolute Gasteiger partial charge is 0.493 e. The van der Waals surface area contributed by atoms with Crippen LogP contribution in [0, 0.1) is 0 Å². The minimum Gasteiger partial charge on any atom is -0.493 e. The van der Waals surface area contributed by atoms with E-state index < -0.39 is 0 Å². The van der Waals surface area contributed by atoms with Crippen molar-refractivity contribution < 1.29 is 33.6 Å². The Kier molecular flexibility index (Phi) is 6.81. The fourth-order valence-electron chi connectivity index (χ4n) is 4.20. The number of ether oxygens (including phenoxy) is 3. The smallest absolute Gasteiger partial charge is 0.324 e. The molecule has 2 fully saturated rings. The predicted molar refractivity (Wildman–Crippen MR) is 106 cm³/mol. The summed E-state index contributed by atoms with van der Waals surface area (Å²) in [5.74, 6) is 1.88. The fourth-order valence-corrected chi connectivity index (χ4v) is 4.20. The number of carbonyl (C=O) groups excluding carboxylic acids is 2. The number of nitrogens with zero attached hydrogens (tertiary/aromatic N) is 1. The molecule has 2 aliphatic heterocycles. The van der Waals surface area contributed by atoms with Gasteiger partial charge in [-0.3, -0.25) is 9.69 Å². The molecule has 0 aromatic heterocycles. The number of methoxy groups -OCH3 is 3. The summed E-state index contributed by atoms with van der Waals surface area (Å²) < 4.78 is 16.4. The third-order valence-corrected chi connectivity index (χ3v) is 5.93. The number of benzene rings is 1. The summed E-state index contributed by atoms with van der Waals surface area (Å²) in [7, 11) is 4.86. The van der Waals surface area contributed by atoms with Crippen LogP contribution in [0.25, 0.3) is 0 Å². The molecule has 3 N–H and O–H groups in total. The van der Waals surface area contributed by atoms with E-state index in [1.54, 1.807) is 21.3 Å². The van der Waals surface area contributed by atoms with E-state index in [2.05, 4.69) is 5.32 Å². The van der Waals surface area contributed by atoms with E-state index in [1.165, 1.54) is 14.7 Å².